The van der Waals surface area contributed by atoms with Gasteiger partial charge in [0.1, 0.15) is 11.6 Å². The lowest BCUT2D eigenvalue weighted by Gasteiger charge is -2.31. The smallest absolute Gasteiger partial charge is 0.257 e. The van der Waals surface area contributed by atoms with E-state index in [4.69, 9.17) is 14.7 Å². The van der Waals surface area contributed by atoms with Crippen LogP contribution < -0.4 is 15.4 Å². The van der Waals surface area contributed by atoms with Crippen molar-refractivity contribution >= 4 is 23.3 Å². The van der Waals surface area contributed by atoms with Gasteiger partial charge in [-0.05, 0) is 35.7 Å². The Bertz CT molecular complexity index is 1530. The molecule has 1 aliphatic rings. The summed E-state index contributed by atoms with van der Waals surface area (Å²) in [4.78, 5) is 36.7. The number of aromatic amines is 1. The van der Waals surface area contributed by atoms with E-state index in [1.165, 1.54) is 0 Å². The number of amides is 2. The number of H-pyrrole nitrogens is 1. The SMILES string of the molecule is CC(C)CNC(=O)COc1cccc(-c2nc3c(c(Nc4ccc(-c5cn[nH]c5)cc4)n2)CN(C(=O)C(C)C)CC3)c1. The molecule has 0 spiro atoms. The average Bonchev–Trinajstić information content (AvgIpc) is 3.54. The van der Waals surface area contributed by atoms with Gasteiger partial charge in [0.2, 0.25) is 5.91 Å². The number of nitrogens with one attached hydrogen (secondary N) is 3. The molecule has 0 saturated carbocycles. The van der Waals surface area contributed by atoms with Gasteiger partial charge in [-0.2, -0.15) is 5.10 Å². The van der Waals surface area contributed by atoms with E-state index in [1.807, 2.05) is 87.3 Å². The van der Waals surface area contributed by atoms with Crippen LogP contribution >= 0.6 is 0 Å². The van der Waals surface area contributed by atoms with Gasteiger partial charge < -0.3 is 20.3 Å². The van der Waals surface area contributed by atoms with Crippen molar-refractivity contribution in [3.63, 3.8) is 0 Å². The van der Waals surface area contributed by atoms with Crippen LogP contribution in [0.4, 0.5) is 11.5 Å². The maximum Gasteiger partial charge on any atom is 0.257 e. The number of ether oxygens (including phenoxy) is 1. The molecule has 3 N–H and O–H groups in total. The fourth-order valence-corrected chi connectivity index (χ4v) is 4.73. The van der Waals surface area contributed by atoms with Gasteiger partial charge in [0.15, 0.2) is 12.4 Å². The van der Waals surface area contributed by atoms with Crippen LogP contribution in [0, 0.1) is 11.8 Å². The van der Waals surface area contributed by atoms with Crippen molar-refractivity contribution in [2.24, 2.45) is 11.8 Å². The molecule has 0 unspecified atom stereocenters. The molecule has 5 rings (SSSR count). The number of aromatic nitrogens is 4. The maximum atomic E-state index is 12.9. The second-order valence-corrected chi connectivity index (χ2v) is 11.2. The van der Waals surface area contributed by atoms with E-state index >= 15 is 0 Å². The third-order valence-electron chi connectivity index (χ3n) is 7.01. The number of fused-ring (bicyclic) bond motifs is 1. The molecule has 0 saturated heterocycles. The summed E-state index contributed by atoms with van der Waals surface area (Å²) in [5.41, 5.74) is 5.51. The molecule has 0 aliphatic carbocycles. The molecule has 42 heavy (non-hydrogen) atoms. The van der Waals surface area contributed by atoms with Gasteiger partial charge in [0.05, 0.1) is 18.4 Å². The van der Waals surface area contributed by atoms with Gasteiger partial charge in [0.25, 0.3) is 5.91 Å². The van der Waals surface area contributed by atoms with Gasteiger partial charge in [-0.15, -0.1) is 0 Å². The van der Waals surface area contributed by atoms with Crippen molar-refractivity contribution in [1.82, 2.24) is 30.4 Å². The summed E-state index contributed by atoms with van der Waals surface area (Å²) in [5.74, 6) is 2.00. The number of hydrogen-bond donors (Lipinski definition) is 3. The molecular formula is C32H37N7O3. The average molecular weight is 568 g/mol. The van der Waals surface area contributed by atoms with Gasteiger partial charge in [-0.25, -0.2) is 9.97 Å². The van der Waals surface area contributed by atoms with Crippen molar-refractivity contribution in [2.75, 3.05) is 25.0 Å². The van der Waals surface area contributed by atoms with E-state index in [-0.39, 0.29) is 24.3 Å². The Hall–Kier alpha value is -4.73. The summed E-state index contributed by atoms with van der Waals surface area (Å²) in [5, 5.41) is 13.2. The second kappa shape index (κ2) is 12.8. The predicted octanol–water partition coefficient (Wildman–Crippen LogP) is 4.97. The first-order chi connectivity index (χ1) is 20.3. The zero-order valence-electron chi connectivity index (χ0n) is 24.5. The Kier molecular flexibility index (Phi) is 8.80. The van der Waals surface area contributed by atoms with E-state index in [2.05, 4.69) is 20.8 Å². The van der Waals surface area contributed by atoms with E-state index in [1.54, 1.807) is 6.20 Å². The van der Waals surface area contributed by atoms with Crippen LogP contribution in [0.3, 0.4) is 0 Å². The molecule has 218 valence electrons. The highest BCUT2D eigenvalue weighted by molar-refractivity contribution is 5.79. The highest BCUT2D eigenvalue weighted by Gasteiger charge is 2.27. The monoisotopic (exact) mass is 567 g/mol. The minimum atomic E-state index is -0.162. The molecule has 2 aromatic carbocycles. The molecule has 2 amide bonds. The summed E-state index contributed by atoms with van der Waals surface area (Å²) in [7, 11) is 0. The zero-order chi connectivity index (χ0) is 29.6. The Labute approximate surface area is 245 Å². The predicted molar refractivity (Wildman–Crippen MR) is 162 cm³/mol. The molecule has 0 radical (unpaired) electrons. The Morgan fingerprint density at radius 1 is 1.02 bits per heavy atom. The molecule has 4 aromatic rings. The van der Waals surface area contributed by atoms with Crippen LogP contribution in [0.2, 0.25) is 0 Å². The van der Waals surface area contributed by atoms with Gasteiger partial charge in [0, 0.05) is 54.0 Å². The van der Waals surface area contributed by atoms with Crippen molar-refractivity contribution in [1.29, 1.82) is 0 Å². The normalized spacial score (nSPS) is 12.8. The first kappa shape index (κ1) is 28.8. The summed E-state index contributed by atoms with van der Waals surface area (Å²) in [6.45, 7) is 9.51. The summed E-state index contributed by atoms with van der Waals surface area (Å²) in [6, 6.07) is 15.5. The highest BCUT2D eigenvalue weighted by Crippen LogP contribution is 2.31. The number of carbonyl (C=O) groups is 2. The summed E-state index contributed by atoms with van der Waals surface area (Å²) >= 11 is 0. The number of rotatable bonds is 10. The van der Waals surface area contributed by atoms with Gasteiger partial charge in [-0.1, -0.05) is 52.0 Å². The lowest BCUT2D eigenvalue weighted by molar-refractivity contribution is -0.135. The highest BCUT2D eigenvalue weighted by atomic mass is 16.5. The van der Waals surface area contributed by atoms with Crippen LogP contribution in [-0.2, 0) is 22.6 Å². The minimum absolute atomic E-state index is 0.0669. The number of anilines is 2. The zero-order valence-corrected chi connectivity index (χ0v) is 24.5. The van der Waals surface area contributed by atoms with Crippen LogP contribution in [0.5, 0.6) is 5.75 Å². The molecule has 0 atom stereocenters. The van der Waals surface area contributed by atoms with Crippen LogP contribution in [0.25, 0.3) is 22.5 Å². The van der Waals surface area contributed by atoms with E-state index in [0.29, 0.717) is 49.4 Å². The summed E-state index contributed by atoms with van der Waals surface area (Å²) < 4.78 is 5.77. The second-order valence-electron chi connectivity index (χ2n) is 11.2. The van der Waals surface area contributed by atoms with Crippen molar-refractivity contribution in [3.05, 3.63) is 72.2 Å². The van der Waals surface area contributed by atoms with Crippen molar-refractivity contribution in [2.45, 2.75) is 40.7 Å². The lowest BCUT2D eigenvalue weighted by Crippen LogP contribution is -2.39. The van der Waals surface area contributed by atoms with Crippen molar-refractivity contribution < 1.29 is 14.3 Å². The summed E-state index contributed by atoms with van der Waals surface area (Å²) in [6.07, 6.45) is 4.27. The van der Waals surface area contributed by atoms with Gasteiger partial charge in [-0.3, -0.25) is 14.7 Å². The number of carbonyl (C=O) groups excluding carboxylic acids is 2. The topological polar surface area (TPSA) is 125 Å². The molecule has 1 aliphatic heterocycles. The Morgan fingerprint density at radius 2 is 1.83 bits per heavy atom. The maximum absolute atomic E-state index is 12.9. The van der Waals surface area contributed by atoms with E-state index in [9.17, 15) is 9.59 Å². The first-order valence-corrected chi connectivity index (χ1v) is 14.3. The fourth-order valence-electron chi connectivity index (χ4n) is 4.73. The lowest BCUT2D eigenvalue weighted by atomic mass is 10.0. The third-order valence-corrected chi connectivity index (χ3v) is 7.01. The Balaban J connectivity index is 1.42. The molecule has 0 fully saturated rings. The molecular weight excluding hydrogens is 530 g/mol. The number of nitrogens with zero attached hydrogens (tertiary/aromatic N) is 4. The standard InChI is InChI=1S/C32H37N7O3/c1-20(2)15-33-29(40)19-42-26-7-5-6-23(14-26)30-37-28-12-13-39(32(41)21(3)4)18-27(28)31(38-30)36-25-10-8-22(9-11-25)24-16-34-35-17-24/h5-11,14,16-17,20-21H,12-13,15,18-19H2,1-4H3,(H,33,40)(H,34,35)(H,36,37,38). The van der Waals surface area contributed by atoms with Crippen molar-refractivity contribution in [3.8, 4) is 28.3 Å². The molecule has 10 nitrogen and oxygen atoms in total. The number of hydrogen-bond acceptors (Lipinski definition) is 7. The molecule has 10 heteroatoms. The van der Waals surface area contributed by atoms with Crippen LogP contribution in [0.1, 0.15) is 39.0 Å². The fraction of sp³-hybridized carbons (Fsp3) is 0.344. The number of benzene rings is 2. The Morgan fingerprint density at radius 3 is 2.55 bits per heavy atom. The largest absolute Gasteiger partial charge is 0.484 e. The first-order valence-electron chi connectivity index (χ1n) is 14.3. The van der Waals surface area contributed by atoms with E-state index < -0.39 is 0 Å². The molecule has 0 bridgehead atoms. The van der Waals surface area contributed by atoms with E-state index in [0.717, 1.165) is 33.6 Å². The third kappa shape index (κ3) is 6.94. The molecule has 3 heterocycles. The molecule has 2 aromatic heterocycles. The van der Waals surface area contributed by atoms with Crippen LogP contribution in [0.15, 0.2) is 60.9 Å². The van der Waals surface area contributed by atoms with Crippen LogP contribution in [-0.4, -0.2) is 56.6 Å². The quantitative estimate of drug-likeness (QED) is 0.247. The minimum Gasteiger partial charge on any atom is -0.484 e. The van der Waals surface area contributed by atoms with Gasteiger partial charge >= 0.3 is 0 Å².